The van der Waals surface area contributed by atoms with Gasteiger partial charge in [0.2, 0.25) is 17.7 Å². The van der Waals surface area contributed by atoms with Crippen molar-refractivity contribution in [3.8, 4) is 17.0 Å². The number of piperidine rings is 2. The molecule has 2 aromatic heterocycles. The van der Waals surface area contributed by atoms with E-state index >= 15 is 0 Å². The fourth-order valence-electron chi connectivity index (χ4n) is 8.05. The highest BCUT2D eigenvalue weighted by Crippen LogP contribution is 2.32. The van der Waals surface area contributed by atoms with Crippen molar-refractivity contribution in [3.05, 3.63) is 102 Å². The van der Waals surface area contributed by atoms with Crippen LogP contribution in [0.2, 0.25) is 0 Å². The Labute approximate surface area is 329 Å². The number of ether oxygens (including phenoxy) is 1. The van der Waals surface area contributed by atoms with Gasteiger partial charge in [-0.1, -0.05) is 31.2 Å². The molecule has 0 saturated carbocycles. The maximum absolute atomic E-state index is 13.7. The predicted octanol–water partition coefficient (Wildman–Crippen LogP) is 5.19. The molecule has 14 nitrogen and oxygen atoms in total. The van der Waals surface area contributed by atoms with Crippen molar-refractivity contribution in [3.63, 3.8) is 0 Å². The largest absolute Gasteiger partial charge is 0.497 e. The highest BCUT2D eigenvalue weighted by molar-refractivity contribution is 6.23. The van der Waals surface area contributed by atoms with Crippen molar-refractivity contribution in [1.82, 2.24) is 34.9 Å². The molecular weight excluding hydrogens is 725 g/mol. The van der Waals surface area contributed by atoms with E-state index < -0.39 is 29.7 Å². The number of methoxy groups -OCH3 is 1. The molecule has 2 saturated heterocycles. The molecular formula is C43H44N8O6. The first-order valence-electron chi connectivity index (χ1n) is 19.5. The summed E-state index contributed by atoms with van der Waals surface area (Å²) in [5, 5.41) is 6.89. The number of nitrogens with one attached hydrogen (secondary N) is 1. The Morgan fingerprint density at radius 1 is 0.930 bits per heavy atom. The minimum atomic E-state index is -1.03. The van der Waals surface area contributed by atoms with Crippen LogP contribution in [0.4, 0.5) is 5.69 Å². The van der Waals surface area contributed by atoms with Gasteiger partial charge in [0.05, 0.1) is 53.4 Å². The molecule has 5 aromatic rings. The molecule has 1 N–H and O–H groups in total. The summed E-state index contributed by atoms with van der Waals surface area (Å²) < 4.78 is 7.34. The highest BCUT2D eigenvalue weighted by atomic mass is 16.5. The number of benzene rings is 3. The van der Waals surface area contributed by atoms with Crippen LogP contribution in [0.25, 0.3) is 22.3 Å². The number of nitrogens with zero attached hydrogens (tertiary/aromatic N) is 7. The third-order valence-corrected chi connectivity index (χ3v) is 11.3. The van der Waals surface area contributed by atoms with Gasteiger partial charge in [0.15, 0.2) is 0 Å². The number of amides is 5. The second kappa shape index (κ2) is 16.0. The van der Waals surface area contributed by atoms with Gasteiger partial charge in [-0.3, -0.25) is 43.9 Å². The number of para-hydroxylation sites is 2. The van der Waals surface area contributed by atoms with E-state index in [-0.39, 0.29) is 41.8 Å². The lowest BCUT2D eigenvalue weighted by Crippen LogP contribution is -2.54. The zero-order valence-electron chi connectivity index (χ0n) is 32.0. The summed E-state index contributed by atoms with van der Waals surface area (Å²) in [7, 11) is 1.62. The Morgan fingerprint density at radius 3 is 2.44 bits per heavy atom. The van der Waals surface area contributed by atoms with Crippen molar-refractivity contribution in [1.29, 1.82) is 0 Å². The van der Waals surface area contributed by atoms with Gasteiger partial charge in [-0.25, -0.2) is 4.98 Å². The summed E-state index contributed by atoms with van der Waals surface area (Å²) in [6.45, 7) is 4.39. The van der Waals surface area contributed by atoms with Crippen LogP contribution >= 0.6 is 0 Å². The van der Waals surface area contributed by atoms with E-state index in [2.05, 4.69) is 20.3 Å². The maximum Gasteiger partial charge on any atom is 0.262 e. The molecule has 0 aliphatic carbocycles. The van der Waals surface area contributed by atoms with E-state index in [1.165, 1.54) is 0 Å². The van der Waals surface area contributed by atoms with E-state index in [1.54, 1.807) is 25.4 Å². The fourth-order valence-corrected chi connectivity index (χ4v) is 8.05. The lowest BCUT2D eigenvalue weighted by Gasteiger charge is -2.34. The van der Waals surface area contributed by atoms with Crippen LogP contribution in [-0.4, -0.2) is 91.9 Å². The fraction of sp³-hybridized carbons (Fsp3) is 0.349. The average Bonchev–Trinajstić information content (AvgIpc) is 3.83. The van der Waals surface area contributed by atoms with Crippen LogP contribution in [0, 0.1) is 5.92 Å². The molecule has 3 aromatic carbocycles. The molecule has 5 heterocycles. The summed E-state index contributed by atoms with van der Waals surface area (Å²) in [4.78, 5) is 79.4. The molecule has 0 bridgehead atoms. The van der Waals surface area contributed by atoms with Gasteiger partial charge in [-0.15, -0.1) is 0 Å². The number of likely N-dealkylation sites (tertiary alicyclic amines) is 1. The van der Waals surface area contributed by atoms with Gasteiger partial charge < -0.3 is 14.5 Å². The molecule has 2 atom stereocenters. The Balaban J connectivity index is 0.896. The van der Waals surface area contributed by atoms with Crippen LogP contribution in [0.1, 0.15) is 77.8 Å². The van der Waals surface area contributed by atoms with Crippen LogP contribution in [-0.2, 0) is 20.9 Å². The van der Waals surface area contributed by atoms with Crippen LogP contribution in [0.15, 0.2) is 85.3 Å². The SMILES string of the molecule is COc1ccc(CN(CCCC(C)C(=O)N2CCC(n3cc(-c4cnc5ccccc5n4)cn3)CC2)c2ccc3c(c2)C(=O)N(C2CCC(=O)NC2=O)C3=O)cc1. The highest BCUT2D eigenvalue weighted by Gasteiger charge is 2.44. The minimum Gasteiger partial charge on any atom is -0.497 e. The lowest BCUT2D eigenvalue weighted by atomic mass is 9.99. The van der Waals surface area contributed by atoms with Gasteiger partial charge >= 0.3 is 0 Å². The minimum absolute atomic E-state index is 0.0552. The quantitative estimate of drug-likeness (QED) is 0.168. The summed E-state index contributed by atoms with van der Waals surface area (Å²) in [5.74, 6) is -1.47. The van der Waals surface area contributed by atoms with Crippen LogP contribution < -0.4 is 15.0 Å². The number of aromatic nitrogens is 4. The summed E-state index contributed by atoms with van der Waals surface area (Å²) in [6.07, 6.45) is 8.75. The van der Waals surface area contributed by atoms with Crippen LogP contribution in [0.5, 0.6) is 5.75 Å². The molecule has 0 spiro atoms. The second-order valence-electron chi connectivity index (χ2n) is 15.0. The number of anilines is 1. The van der Waals surface area contributed by atoms with E-state index in [0.717, 1.165) is 57.0 Å². The molecule has 57 heavy (non-hydrogen) atoms. The van der Waals surface area contributed by atoms with Gasteiger partial charge in [-0.05, 0) is 80.1 Å². The number of hydrogen-bond acceptors (Lipinski definition) is 10. The number of carbonyl (C=O) groups excluding carboxylic acids is 5. The summed E-state index contributed by atoms with van der Waals surface area (Å²) in [5.41, 5.74) is 5.59. The first-order chi connectivity index (χ1) is 27.7. The molecule has 3 aliphatic heterocycles. The lowest BCUT2D eigenvalue weighted by molar-refractivity contribution is -0.137. The van der Waals surface area contributed by atoms with Crippen molar-refractivity contribution < 1.29 is 28.7 Å². The average molecular weight is 769 g/mol. The Hall–Kier alpha value is -6.44. The maximum atomic E-state index is 13.7. The third kappa shape index (κ3) is 7.71. The van der Waals surface area contributed by atoms with Gasteiger partial charge in [0.1, 0.15) is 11.8 Å². The molecule has 292 valence electrons. The smallest absolute Gasteiger partial charge is 0.262 e. The Bertz CT molecular complexity index is 2350. The predicted molar refractivity (Wildman–Crippen MR) is 211 cm³/mol. The molecule has 14 heteroatoms. The first kappa shape index (κ1) is 37.5. The summed E-state index contributed by atoms with van der Waals surface area (Å²) in [6, 6.07) is 19.8. The number of fused-ring (bicyclic) bond motifs is 2. The molecule has 8 rings (SSSR count). The van der Waals surface area contributed by atoms with E-state index in [1.807, 2.05) is 83.5 Å². The van der Waals surface area contributed by atoms with E-state index in [9.17, 15) is 24.0 Å². The number of rotatable bonds is 12. The first-order valence-corrected chi connectivity index (χ1v) is 19.5. The topological polar surface area (TPSA) is 160 Å². The third-order valence-electron chi connectivity index (χ3n) is 11.3. The zero-order chi connectivity index (χ0) is 39.6. The van der Waals surface area contributed by atoms with Gasteiger partial charge in [-0.2, -0.15) is 5.10 Å². The van der Waals surface area contributed by atoms with E-state index in [0.29, 0.717) is 39.0 Å². The molecule has 2 unspecified atom stereocenters. The van der Waals surface area contributed by atoms with Crippen molar-refractivity contribution >= 4 is 46.3 Å². The van der Waals surface area contributed by atoms with Crippen molar-refractivity contribution in [2.24, 2.45) is 5.92 Å². The Kier molecular flexibility index (Phi) is 10.5. The standard InChI is InChI=1S/C43H44N8O6/c1-27(41(54)48-20-17-30(18-21-48)50-26-29(23-45-50)37-24-44-35-7-3-4-8-36(35)46-37)6-5-19-49(25-28-9-12-32(57-2)13-10-28)31-11-14-33-34(22-31)43(56)51(42(33)55)38-15-16-39(52)47-40(38)53/h3-4,7-14,22-24,26-27,30,38H,5-6,15-21,25H2,1-2H3,(H,47,52,53). The van der Waals surface area contributed by atoms with E-state index in [4.69, 9.17) is 9.72 Å². The number of hydrogen-bond donors (Lipinski definition) is 1. The molecule has 5 amide bonds. The normalized spacial score (nSPS) is 17.8. The second-order valence-corrected chi connectivity index (χ2v) is 15.0. The van der Waals surface area contributed by atoms with Crippen molar-refractivity contribution in [2.45, 2.75) is 64.1 Å². The van der Waals surface area contributed by atoms with Gasteiger partial charge in [0.25, 0.3) is 11.8 Å². The molecule has 0 radical (unpaired) electrons. The molecule has 3 aliphatic rings. The van der Waals surface area contributed by atoms with Crippen molar-refractivity contribution in [2.75, 3.05) is 31.6 Å². The zero-order valence-corrected chi connectivity index (χ0v) is 32.0. The molecule has 2 fully saturated rings. The number of carbonyl (C=O) groups is 5. The van der Waals surface area contributed by atoms with Gasteiger partial charge in [0, 0.05) is 56.0 Å². The number of imide groups is 2. The Morgan fingerprint density at radius 2 is 1.68 bits per heavy atom. The monoisotopic (exact) mass is 768 g/mol. The summed E-state index contributed by atoms with van der Waals surface area (Å²) >= 11 is 0. The van der Waals surface area contributed by atoms with Crippen LogP contribution in [0.3, 0.4) is 0 Å².